The number of piperidine rings is 1. The Labute approximate surface area is 145 Å². The lowest BCUT2D eigenvalue weighted by atomic mass is 9.93. The van der Waals surface area contributed by atoms with Crippen LogP contribution in [-0.2, 0) is 0 Å². The molecule has 140 valence electrons. The fourth-order valence-corrected chi connectivity index (χ4v) is 2.81. The van der Waals surface area contributed by atoms with Crippen LogP contribution in [0.4, 0.5) is 13.2 Å². The molecule has 1 aliphatic rings. The SMILES string of the molecule is O=C(NCC(F)(F)F)c1cc(C2CCN(C(=O)c3ccno3)CC2)[nH]n1. The Kier molecular flexibility index (Phi) is 4.96. The van der Waals surface area contributed by atoms with E-state index in [1.807, 2.05) is 0 Å². The zero-order valence-electron chi connectivity index (χ0n) is 13.5. The lowest BCUT2D eigenvalue weighted by molar-refractivity contribution is -0.123. The van der Waals surface area contributed by atoms with E-state index in [-0.39, 0.29) is 23.3 Å². The van der Waals surface area contributed by atoms with Crippen LogP contribution in [-0.4, -0.2) is 57.9 Å². The number of carbonyl (C=O) groups excluding carboxylic acids is 2. The molecule has 11 heteroatoms. The van der Waals surface area contributed by atoms with Crippen molar-refractivity contribution in [2.45, 2.75) is 24.9 Å². The van der Waals surface area contributed by atoms with Crippen LogP contribution < -0.4 is 5.32 Å². The molecule has 1 aliphatic heterocycles. The second kappa shape index (κ2) is 7.18. The van der Waals surface area contributed by atoms with Crippen LogP contribution in [0.5, 0.6) is 0 Å². The van der Waals surface area contributed by atoms with E-state index in [4.69, 9.17) is 4.52 Å². The van der Waals surface area contributed by atoms with Crippen molar-refractivity contribution >= 4 is 11.8 Å². The summed E-state index contributed by atoms with van der Waals surface area (Å²) in [5, 5.41) is 11.8. The molecule has 0 aliphatic carbocycles. The minimum absolute atomic E-state index is 0.0328. The molecule has 1 saturated heterocycles. The molecule has 0 bridgehead atoms. The number of halogens is 3. The molecule has 26 heavy (non-hydrogen) atoms. The van der Waals surface area contributed by atoms with Gasteiger partial charge >= 0.3 is 6.18 Å². The normalized spacial score (nSPS) is 15.9. The van der Waals surface area contributed by atoms with Gasteiger partial charge in [0.25, 0.3) is 11.8 Å². The first-order valence-electron chi connectivity index (χ1n) is 7.94. The van der Waals surface area contributed by atoms with Gasteiger partial charge in [0, 0.05) is 30.8 Å². The highest BCUT2D eigenvalue weighted by Crippen LogP contribution is 2.27. The van der Waals surface area contributed by atoms with E-state index in [0.717, 1.165) is 0 Å². The molecule has 0 radical (unpaired) electrons. The zero-order valence-corrected chi connectivity index (χ0v) is 13.5. The second-order valence-corrected chi connectivity index (χ2v) is 5.95. The topological polar surface area (TPSA) is 104 Å². The van der Waals surface area contributed by atoms with Crippen LogP contribution >= 0.6 is 0 Å². The first-order valence-corrected chi connectivity index (χ1v) is 7.94. The van der Waals surface area contributed by atoms with Crippen molar-refractivity contribution in [3.63, 3.8) is 0 Å². The number of nitrogens with one attached hydrogen (secondary N) is 2. The van der Waals surface area contributed by atoms with Crippen molar-refractivity contribution in [3.05, 3.63) is 35.5 Å². The Morgan fingerprint density at radius 2 is 2.08 bits per heavy atom. The molecule has 0 atom stereocenters. The molecule has 2 N–H and O–H groups in total. The number of rotatable bonds is 4. The first kappa shape index (κ1) is 18.0. The maximum absolute atomic E-state index is 12.2. The van der Waals surface area contributed by atoms with Gasteiger partial charge in [-0.15, -0.1) is 0 Å². The van der Waals surface area contributed by atoms with E-state index >= 15 is 0 Å². The monoisotopic (exact) mass is 371 g/mol. The number of amides is 2. The number of aromatic nitrogens is 3. The van der Waals surface area contributed by atoms with E-state index in [9.17, 15) is 22.8 Å². The number of nitrogens with zero attached hydrogens (tertiary/aromatic N) is 3. The summed E-state index contributed by atoms with van der Waals surface area (Å²) in [6.45, 7) is -0.437. The van der Waals surface area contributed by atoms with Crippen molar-refractivity contribution in [1.82, 2.24) is 25.6 Å². The summed E-state index contributed by atoms with van der Waals surface area (Å²) in [7, 11) is 0. The summed E-state index contributed by atoms with van der Waals surface area (Å²) in [5.41, 5.74) is 0.568. The van der Waals surface area contributed by atoms with Crippen LogP contribution in [0.25, 0.3) is 0 Å². The molecule has 0 unspecified atom stereocenters. The Morgan fingerprint density at radius 3 is 2.69 bits per heavy atom. The number of carbonyl (C=O) groups is 2. The van der Waals surface area contributed by atoms with Crippen LogP contribution in [0.1, 0.15) is 45.5 Å². The molecule has 8 nitrogen and oxygen atoms in total. The number of likely N-dealkylation sites (tertiary alicyclic amines) is 1. The lowest BCUT2D eigenvalue weighted by Gasteiger charge is -2.30. The van der Waals surface area contributed by atoms with Gasteiger partial charge in [0.05, 0.1) is 6.20 Å². The summed E-state index contributed by atoms with van der Waals surface area (Å²) >= 11 is 0. The molecule has 0 spiro atoms. The Morgan fingerprint density at radius 1 is 1.35 bits per heavy atom. The molecule has 2 aromatic heterocycles. The highest BCUT2D eigenvalue weighted by atomic mass is 19.4. The molecule has 2 aromatic rings. The Hall–Kier alpha value is -2.85. The van der Waals surface area contributed by atoms with Crippen molar-refractivity contribution in [2.75, 3.05) is 19.6 Å². The average Bonchev–Trinajstić information content (AvgIpc) is 3.30. The average molecular weight is 371 g/mol. The summed E-state index contributed by atoms with van der Waals surface area (Å²) in [4.78, 5) is 25.5. The number of hydrogen-bond acceptors (Lipinski definition) is 5. The Balaban J connectivity index is 1.54. The van der Waals surface area contributed by atoms with Crippen molar-refractivity contribution in [3.8, 4) is 0 Å². The van der Waals surface area contributed by atoms with E-state index < -0.39 is 18.6 Å². The van der Waals surface area contributed by atoms with E-state index in [1.54, 1.807) is 10.2 Å². The van der Waals surface area contributed by atoms with Crippen molar-refractivity contribution < 1.29 is 27.3 Å². The third kappa shape index (κ3) is 4.21. The number of hydrogen-bond donors (Lipinski definition) is 2. The minimum Gasteiger partial charge on any atom is -0.351 e. The van der Waals surface area contributed by atoms with Gasteiger partial charge in [-0.05, 0) is 18.9 Å². The van der Waals surface area contributed by atoms with E-state index in [2.05, 4.69) is 15.4 Å². The van der Waals surface area contributed by atoms with Gasteiger partial charge in [-0.25, -0.2) is 0 Å². The number of aromatic amines is 1. The van der Waals surface area contributed by atoms with E-state index in [0.29, 0.717) is 31.6 Å². The molecule has 3 rings (SSSR count). The molecular formula is C15H16F3N5O3. The smallest absolute Gasteiger partial charge is 0.351 e. The molecular weight excluding hydrogens is 355 g/mol. The minimum atomic E-state index is -4.47. The van der Waals surface area contributed by atoms with Gasteiger partial charge in [0.2, 0.25) is 5.76 Å². The molecule has 3 heterocycles. The summed E-state index contributed by atoms with van der Waals surface area (Å²) in [6, 6.07) is 2.94. The Bertz CT molecular complexity index is 764. The van der Waals surface area contributed by atoms with Crippen LogP contribution in [0.15, 0.2) is 22.9 Å². The van der Waals surface area contributed by atoms with Gasteiger partial charge < -0.3 is 14.7 Å². The molecule has 0 aromatic carbocycles. The maximum atomic E-state index is 12.2. The highest BCUT2D eigenvalue weighted by molar-refractivity contribution is 5.92. The third-order valence-corrected chi connectivity index (χ3v) is 4.15. The van der Waals surface area contributed by atoms with Crippen molar-refractivity contribution in [1.29, 1.82) is 0 Å². The van der Waals surface area contributed by atoms with Crippen molar-refractivity contribution in [2.24, 2.45) is 0 Å². The highest BCUT2D eigenvalue weighted by Gasteiger charge is 2.30. The predicted octanol–water partition coefficient (Wildman–Crippen LogP) is 1.71. The standard InChI is InChI=1S/C15H16F3N5O3/c16-15(17,18)8-19-13(24)11-7-10(21-22-11)9-2-5-23(6-3-9)14(25)12-1-4-20-26-12/h1,4,7,9H,2-3,5-6,8H2,(H,19,24)(H,21,22). The van der Waals surface area contributed by atoms with Gasteiger partial charge in [-0.2, -0.15) is 18.3 Å². The molecule has 1 fully saturated rings. The molecule has 2 amide bonds. The number of H-pyrrole nitrogens is 1. The van der Waals surface area contributed by atoms with E-state index in [1.165, 1.54) is 18.3 Å². The summed E-state index contributed by atoms with van der Waals surface area (Å²) in [5.74, 6) is -0.917. The molecule has 0 saturated carbocycles. The van der Waals surface area contributed by atoms with Gasteiger partial charge in [0.1, 0.15) is 12.2 Å². The van der Waals surface area contributed by atoms with Crippen LogP contribution in [0.2, 0.25) is 0 Å². The van der Waals surface area contributed by atoms with Gasteiger partial charge in [0.15, 0.2) is 0 Å². The third-order valence-electron chi connectivity index (χ3n) is 4.15. The number of alkyl halides is 3. The summed E-state index contributed by atoms with van der Waals surface area (Å²) in [6.07, 6.45) is -1.81. The first-order chi connectivity index (χ1) is 12.3. The maximum Gasteiger partial charge on any atom is 0.405 e. The fourth-order valence-electron chi connectivity index (χ4n) is 2.81. The predicted molar refractivity (Wildman–Crippen MR) is 81.4 cm³/mol. The van der Waals surface area contributed by atoms with Gasteiger partial charge in [-0.3, -0.25) is 14.7 Å². The lowest BCUT2D eigenvalue weighted by Crippen LogP contribution is -2.37. The zero-order chi connectivity index (χ0) is 18.7. The second-order valence-electron chi connectivity index (χ2n) is 5.95. The van der Waals surface area contributed by atoms with Crippen LogP contribution in [0.3, 0.4) is 0 Å². The van der Waals surface area contributed by atoms with Gasteiger partial charge in [-0.1, -0.05) is 5.16 Å². The summed E-state index contributed by atoms with van der Waals surface area (Å²) < 4.78 is 41.3. The quantitative estimate of drug-likeness (QED) is 0.852. The largest absolute Gasteiger partial charge is 0.405 e. The van der Waals surface area contributed by atoms with Crippen LogP contribution in [0, 0.1) is 0 Å². The fraction of sp³-hybridized carbons (Fsp3) is 0.467.